The van der Waals surface area contributed by atoms with Gasteiger partial charge in [-0.25, -0.2) is 8.42 Å². The Hall–Kier alpha value is -1.30. The van der Waals surface area contributed by atoms with Gasteiger partial charge in [0.2, 0.25) is 5.91 Å². The number of sulfone groups is 1. The maximum absolute atomic E-state index is 12.7. The van der Waals surface area contributed by atoms with Crippen molar-refractivity contribution in [2.75, 3.05) is 11.5 Å². The molecule has 1 aliphatic heterocycles. The topological polar surface area (TPSA) is 67.6 Å². The fourth-order valence-corrected chi connectivity index (χ4v) is 5.20. The quantitative estimate of drug-likeness (QED) is 0.788. The smallest absolute Gasteiger partial charge is 0.223 e. The molecule has 2 fully saturated rings. The van der Waals surface area contributed by atoms with Crippen molar-refractivity contribution in [1.29, 1.82) is 0 Å². The Kier molecular flexibility index (Phi) is 4.78. The van der Waals surface area contributed by atoms with E-state index in [1.54, 1.807) is 4.90 Å². The predicted molar refractivity (Wildman–Crippen MR) is 92.3 cm³/mol. The van der Waals surface area contributed by atoms with Crippen LogP contribution >= 0.6 is 0 Å². The van der Waals surface area contributed by atoms with Crippen LogP contribution in [-0.4, -0.2) is 36.8 Å². The average Bonchev–Trinajstić information content (AvgIpc) is 2.89. The minimum atomic E-state index is -3.02. The van der Waals surface area contributed by atoms with E-state index in [0.29, 0.717) is 31.2 Å². The molecule has 0 spiro atoms. The van der Waals surface area contributed by atoms with E-state index in [-0.39, 0.29) is 29.4 Å². The molecule has 2 heterocycles. The van der Waals surface area contributed by atoms with Crippen molar-refractivity contribution >= 4 is 15.7 Å². The lowest BCUT2D eigenvalue weighted by Gasteiger charge is -2.28. The van der Waals surface area contributed by atoms with Crippen LogP contribution in [0.1, 0.15) is 57.5 Å². The Balaban J connectivity index is 1.74. The summed E-state index contributed by atoms with van der Waals surface area (Å²) >= 11 is 0. The van der Waals surface area contributed by atoms with Crippen LogP contribution in [0.15, 0.2) is 16.5 Å². The van der Waals surface area contributed by atoms with Crippen LogP contribution in [0.4, 0.5) is 0 Å². The van der Waals surface area contributed by atoms with E-state index >= 15 is 0 Å². The minimum absolute atomic E-state index is 0.0184. The molecule has 1 saturated carbocycles. The molecule has 1 aromatic heterocycles. The first-order chi connectivity index (χ1) is 11.2. The highest BCUT2D eigenvalue weighted by atomic mass is 32.2. The van der Waals surface area contributed by atoms with Crippen LogP contribution < -0.4 is 0 Å². The number of furan rings is 1. The highest BCUT2D eigenvalue weighted by molar-refractivity contribution is 7.91. The molecule has 0 N–H and O–H groups in total. The maximum atomic E-state index is 12.7. The van der Waals surface area contributed by atoms with Crippen molar-refractivity contribution in [3.63, 3.8) is 0 Å². The summed E-state index contributed by atoms with van der Waals surface area (Å²) in [5.74, 6) is 3.43. The standard InChI is InChI=1S/C18H27NO4S/c1-12(2)8-18(20)19(14-6-7-24(21,22)11-14)10-15-4-5-17(23-15)16-9-13(16)3/h4-5,12-14,16H,6-11H2,1-3H3. The zero-order valence-corrected chi connectivity index (χ0v) is 15.5. The van der Waals surface area contributed by atoms with E-state index in [4.69, 9.17) is 4.42 Å². The number of hydrogen-bond acceptors (Lipinski definition) is 4. The Bertz CT molecular complexity index is 706. The first-order valence-electron chi connectivity index (χ1n) is 8.83. The fraction of sp³-hybridized carbons (Fsp3) is 0.722. The van der Waals surface area contributed by atoms with Gasteiger partial charge in [0.05, 0.1) is 18.1 Å². The van der Waals surface area contributed by atoms with Gasteiger partial charge in [-0.05, 0) is 36.8 Å². The first kappa shape index (κ1) is 17.5. The highest BCUT2D eigenvalue weighted by Gasteiger charge is 2.38. The van der Waals surface area contributed by atoms with E-state index in [1.165, 1.54) is 0 Å². The van der Waals surface area contributed by atoms with Crippen LogP contribution in [0.3, 0.4) is 0 Å². The van der Waals surface area contributed by atoms with Gasteiger partial charge in [0.25, 0.3) is 0 Å². The first-order valence-corrected chi connectivity index (χ1v) is 10.7. The highest BCUT2D eigenvalue weighted by Crippen LogP contribution is 2.47. The third-order valence-corrected chi connectivity index (χ3v) is 6.79. The molecular formula is C18H27NO4S. The van der Waals surface area contributed by atoms with Gasteiger partial charge in [-0.15, -0.1) is 0 Å². The third kappa shape index (κ3) is 4.02. The van der Waals surface area contributed by atoms with Gasteiger partial charge in [0.15, 0.2) is 9.84 Å². The van der Waals surface area contributed by atoms with Crippen molar-refractivity contribution in [3.05, 3.63) is 23.7 Å². The summed E-state index contributed by atoms with van der Waals surface area (Å²) in [4.78, 5) is 14.4. The van der Waals surface area contributed by atoms with Crippen LogP contribution in [0.2, 0.25) is 0 Å². The predicted octanol–water partition coefficient (Wildman–Crippen LogP) is 2.96. The molecule has 6 heteroatoms. The number of carbonyl (C=O) groups excluding carboxylic acids is 1. The normalized spacial score (nSPS) is 28.2. The minimum Gasteiger partial charge on any atom is -0.464 e. The summed E-state index contributed by atoms with van der Waals surface area (Å²) in [6.45, 7) is 6.57. The Morgan fingerprint density at radius 2 is 2.08 bits per heavy atom. The molecule has 0 bridgehead atoms. The van der Waals surface area contributed by atoms with Crippen molar-refractivity contribution in [1.82, 2.24) is 4.90 Å². The number of hydrogen-bond donors (Lipinski definition) is 0. The molecule has 134 valence electrons. The van der Waals surface area contributed by atoms with Crippen LogP contribution in [0.25, 0.3) is 0 Å². The molecule has 3 unspecified atom stereocenters. The molecule has 5 nitrogen and oxygen atoms in total. The van der Waals surface area contributed by atoms with Crippen molar-refractivity contribution in [2.45, 2.75) is 58.5 Å². The number of nitrogens with zero attached hydrogens (tertiary/aromatic N) is 1. The van der Waals surface area contributed by atoms with Gasteiger partial charge >= 0.3 is 0 Å². The lowest BCUT2D eigenvalue weighted by Crippen LogP contribution is -2.41. The van der Waals surface area contributed by atoms with Gasteiger partial charge in [0.1, 0.15) is 11.5 Å². The second-order valence-corrected chi connectivity index (χ2v) is 10.0. The second kappa shape index (κ2) is 6.54. The SMILES string of the molecule is CC(C)CC(=O)N(Cc1ccc(C2CC2C)o1)C1CCS(=O)(=O)C1. The summed E-state index contributed by atoms with van der Waals surface area (Å²) in [7, 11) is -3.02. The lowest BCUT2D eigenvalue weighted by atomic mass is 10.1. The van der Waals surface area contributed by atoms with Gasteiger partial charge in [-0.3, -0.25) is 4.79 Å². The molecule has 1 saturated heterocycles. The summed E-state index contributed by atoms with van der Waals surface area (Å²) in [5, 5.41) is 0. The second-order valence-electron chi connectivity index (χ2n) is 7.80. The molecule has 3 rings (SSSR count). The zero-order chi connectivity index (χ0) is 17.5. The Morgan fingerprint density at radius 3 is 2.62 bits per heavy atom. The van der Waals surface area contributed by atoms with Crippen LogP contribution in [0, 0.1) is 11.8 Å². The largest absolute Gasteiger partial charge is 0.464 e. The summed E-state index contributed by atoms with van der Waals surface area (Å²) in [6.07, 6.45) is 2.12. The fourth-order valence-electron chi connectivity index (χ4n) is 3.47. The third-order valence-electron chi connectivity index (χ3n) is 5.04. The monoisotopic (exact) mass is 353 g/mol. The molecule has 0 radical (unpaired) electrons. The number of amides is 1. The lowest BCUT2D eigenvalue weighted by molar-refractivity contribution is -0.134. The van der Waals surface area contributed by atoms with E-state index in [0.717, 1.165) is 17.9 Å². The van der Waals surface area contributed by atoms with Gasteiger partial charge in [-0.2, -0.15) is 0 Å². The number of carbonyl (C=O) groups is 1. The molecular weight excluding hydrogens is 326 g/mol. The molecule has 2 aliphatic rings. The maximum Gasteiger partial charge on any atom is 0.223 e. The zero-order valence-electron chi connectivity index (χ0n) is 14.7. The van der Waals surface area contributed by atoms with Gasteiger partial charge in [-0.1, -0.05) is 20.8 Å². The van der Waals surface area contributed by atoms with Crippen molar-refractivity contribution < 1.29 is 17.6 Å². The number of rotatable bonds is 6. The van der Waals surface area contributed by atoms with Gasteiger partial charge in [0, 0.05) is 18.4 Å². The summed E-state index contributed by atoms with van der Waals surface area (Å²) in [5.41, 5.74) is 0. The molecule has 0 aromatic carbocycles. The average molecular weight is 353 g/mol. The Labute approximate surface area is 144 Å². The van der Waals surface area contributed by atoms with Gasteiger partial charge < -0.3 is 9.32 Å². The molecule has 24 heavy (non-hydrogen) atoms. The van der Waals surface area contributed by atoms with Crippen LogP contribution in [0.5, 0.6) is 0 Å². The van der Waals surface area contributed by atoms with Crippen molar-refractivity contribution in [3.8, 4) is 0 Å². The molecule has 1 aliphatic carbocycles. The molecule has 3 atom stereocenters. The summed E-state index contributed by atoms with van der Waals surface area (Å²) < 4.78 is 29.6. The van der Waals surface area contributed by atoms with E-state index in [2.05, 4.69) is 6.92 Å². The molecule has 1 amide bonds. The van der Waals surface area contributed by atoms with Crippen molar-refractivity contribution in [2.24, 2.45) is 11.8 Å². The van der Waals surface area contributed by atoms with Crippen LogP contribution in [-0.2, 0) is 21.2 Å². The Morgan fingerprint density at radius 1 is 1.38 bits per heavy atom. The van der Waals surface area contributed by atoms with E-state index in [1.807, 2.05) is 26.0 Å². The molecule has 1 aromatic rings. The van der Waals surface area contributed by atoms with E-state index < -0.39 is 9.84 Å². The summed E-state index contributed by atoms with van der Waals surface area (Å²) in [6, 6.07) is 3.70. The van der Waals surface area contributed by atoms with E-state index in [9.17, 15) is 13.2 Å².